The number of aromatic nitrogens is 2. The van der Waals surface area contributed by atoms with Gasteiger partial charge < -0.3 is 10.3 Å². The van der Waals surface area contributed by atoms with Crippen molar-refractivity contribution in [2.75, 3.05) is 6.54 Å². The number of hydrogen-bond donors (Lipinski definition) is 1. The molecule has 0 saturated heterocycles. The summed E-state index contributed by atoms with van der Waals surface area (Å²) >= 11 is 5.71. The Morgan fingerprint density at radius 3 is 3.00 bits per heavy atom. The fourth-order valence-corrected chi connectivity index (χ4v) is 1.02. The van der Waals surface area contributed by atoms with Gasteiger partial charge in [0.2, 0.25) is 5.28 Å². The van der Waals surface area contributed by atoms with E-state index in [1.165, 1.54) is 0 Å². The molecule has 0 bridgehead atoms. The summed E-state index contributed by atoms with van der Waals surface area (Å²) in [6.07, 6.45) is 3.48. The van der Waals surface area contributed by atoms with Crippen LogP contribution >= 0.6 is 11.6 Å². The standard InChI is InChI=1S/C6H10ClN3/c1-5(4-8)10-3-2-9-6(10)7/h2-3,5H,4,8H2,1H3. The Hall–Kier alpha value is -0.540. The molecule has 0 fully saturated rings. The summed E-state index contributed by atoms with van der Waals surface area (Å²) in [5.74, 6) is 0. The van der Waals surface area contributed by atoms with Crippen molar-refractivity contribution in [2.45, 2.75) is 13.0 Å². The number of imidazole rings is 1. The minimum atomic E-state index is 0.231. The molecule has 56 valence electrons. The highest BCUT2D eigenvalue weighted by atomic mass is 35.5. The molecule has 2 N–H and O–H groups in total. The molecule has 10 heavy (non-hydrogen) atoms. The van der Waals surface area contributed by atoms with Gasteiger partial charge in [-0.2, -0.15) is 0 Å². The van der Waals surface area contributed by atoms with E-state index in [4.69, 9.17) is 17.3 Å². The van der Waals surface area contributed by atoms with Crippen LogP contribution in [0.25, 0.3) is 0 Å². The smallest absolute Gasteiger partial charge is 0.202 e. The highest BCUT2D eigenvalue weighted by Crippen LogP contribution is 2.11. The summed E-state index contributed by atoms with van der Waals surface area (Å²) in [7, 11) is 0. The molecule has 1 heterocycles. The predicted octanol–water partition coefficient (Wildman–Crippen LogP) is 1.06. The zero-order valence-electron chi connectivity index (χ0n) is 5.79. The van der Waals surface area contributed by atoms with Crippen molar-refractivity contribution in [1.82, 2.24) is 9.55 Å². The lowest BCUT2D eigenvalue weighted by atomic mass is 10.3. The van der Waals surface area contributed by atoms with E-state index in [1.807, 2.05) is 17.7 Å². The van der Waals surface area contributed by atoms with Crippen LogP contribution < -0.4 is 5.73 Å². The van der Waals surface area contributed by atoms with E-state index in [0.717, 1.165) is 0 Å². The van der Waals surface area contributed by atoms with E-state index in [2.05, 4.69) is 4.98 Å². The SMILES string of the molecule is CC(CN)n1ccnc1Cl. The second-order valence-electron chi connectivity index (χ2n) is 2.19. The lowest BCUT2D eigenvalue weighted by Crippen LogP contribution is -2.15. The first-order valence-corrected chi connectivity index (χ1v) is 3.52. The molecule has 1 unspecified atom stereocenters. The summed E-state index contributed by atoms with van der Waals surface area (Å²) in [4.78, 5) is 3.86. The average Bonchev–Trinajstić information content (AvgIpc) is 2.34. The van der Waals surface area contributed by atoms with Crippen molar-refractivity contribution in [3.63, 3.8) is 0 Å². The fourth-order valence-electron chi connectivity index (χ4n) is 0.737. The second kappa shape index (κ2) is 3.03. The van der Waals surface area contributed by atoms with Crippen molar-refractivity contribution < 1.29 is 0 Å². The van der Waals surface area contributed by atoms with Gasteiger partial charge in [-0.15, -0.1) is 0 Å². The van der Waals surface area contributed by atoms with Gasteiger partial charge in [0.15, 0.2) is 0 Å². The van der Waals surface area contributed by atoms with Gasteiger partial charge in [0.25, 0.3) is 0 Å². The Morgan fingerprint density at radius 1 is 1.90 bits per heavy atom. The highest BCUT2D eigenvalue weighted by Gasteiger charge is 2.04. The summed E-state index contributed by atoms with van der Waals surface area (Å²) in [6.45, 7) is 2.57. The summed E-state index contributed by atoms with van der Waals surface area (Å²) < 4.78 is 1.83. The predicted molar refractivity (Wildman–Crippen MR) is 41.0 cm³/mol. The Balaban J connectivity index is 2.82. The molecule has 1 rings (SSSR count). The third kappa shape index (κ3) is 1.30. The summed E-state index contributed by atoms with van der Waals surface area (Å²) in [6, 6.07) is 0.231. The fraction of sp³-hybridized carbons (Fsp3) is 0.500. The zero-order valence-corrected chi connectivity index (χ0v) is 6.54. The first kappa shape index (κ1) is 7.57. The lowest BCUT2D eigenvalue weighted by Gasteiger charge is -2.09. The molecule has 1 atom stereocenters. The van der Waals surface area contributed by atoms with Crippen LogP contribution in [0.5, 0.6) is 0 Å². The molecule has 0 amide bonds. The highest BCUT2D eigenvalue weighted by molar-refractivity contribution is 6.28. The van der Waals surface area contributed by atoms with Crippen molar-refractivity contribution in [1.29, 1.82) is 0 Å². The van der Waals surface area contributed by atoms with Gasteiger partial charge >= 0.3 is 0 Å². The van der Waals surface area contributed by atoms with Crippen LogP contribution in [0.3, 0.4) is 0 Å². The number of halogens is 1. The third-order valence-corrected chi connectivity index (χ3v) is 1.73. The van der Waals surface area contributed by atoms with Crippen LogP contribution in [0, 0.1) is 0 Å². The molecule has 0 aliphatic heterocycles. The topological polar surface area (TPSA) is 43.8 Å². The summed E-state index contributed by atoms with van der Waals surface area (Å²) in [5.41, 5.74) is 5.42. The number of hydrogen-bond acceptors (Lipinski definition) is 2. The van der Waals surface area contributed by atoms with Crippen LogP contribution in [-0.2, 0) is 0 Å². The number of nitrogens with two attached hydrogens (primary N) is 1. The van der Waals surface area contributed by atoms with E-state index in [9.17, 15) is 0 Å². The van der Waals surface area contributed by atoms with Crippen LogP contribution in [0.4, 0.5) is 0 Å². The van der Waals surface area contributed by atoms with Crippen LogP contribution in [0.1, 0.15) is 13.0 Å². The van der Waals surface area contributed by atoms with E-state index < -0.39 is 0 Å². The second-order valence-corrected chi connectivity index (χ2v) is 2.53. The van der Waals surface area contributed by atoms with Crippen molar-refractivity contribution in [3.8, 4) is 0 Å². The van der Waals surface area contributed by atoms with Gasteiger partial charge in [0.1, 0.15) is 0 Å². The van der Waals surface area contributed by atoms with Crippen molar-refractivity contribution >= 4 is 11.6 Å². The molecule has 0 saturated carbocycles. The largest absolute Gasteiger partial charge is 0.328 e. The molecule has 0 spiro atoms. The third-order valence-electron chi connectivity index (χ3n) is 1.44. The lowest BCUT2D eigenvalue weighted by molar-refractivity contribution is 0.558. The monoisotopic (exact) mass is 159 g/mol. The minimum absolute atomic E-state index is 0.231. The normalized spacial score (nSPS) is 13.5. The first-order chi connectivity index (χ1) is 4.75. The van der Waals surface area contributed by atoms with Gasteiger partial charge in [-0.1, -0.05) is 0 Å². The molecule has 0 aliphatic rings. The van der Waals surface area contributed by atoms with Gasteiger partial charge in [-0.25, -0.2) is 4.98 Å². The van der Waals surface area contributed by atoms with Crippen molar-refractivity contribution in [3.05, 3.63) is 17.7 Å². The molecule has 0 aliphatic carbocycles. The van der Waals surface area contributed by atoms with Gasteiger partial charge in [0, 0.05) is 25.0 Å². The van der Waals surface area contributed by atoms with Crippen LogP contribution in [0.15, 0.2) is 12.4 Å². The maximum absolute atomic E-state index is 5.71. The molecule has 0 radical (unpaired) electrons. The molecule has 3 nitrogen and oxygen atoms in total. The maximum atomic E-state index is 5.71. The Bertz CT molecular complexity index is 209. The zero-order chi connectivity index (χ0) is 7.56. The maximum Gasteiger partial charge on any atom is 0.202 e. The van der Waals surface area contributed by atoms with Crippen LogP contribution in [-0.4, -0.2) is 16.1 Å². The van der Waals surface area contributed by atoms with Gasteiger partial charge in [-0.3, -0.25) is 0 Å². The number of rotatable bonds is 2. The van der Waals surface area contributed by atoms with Gasteiger partial charge in [-0.05, 0) is 18.5 Å². The van der Waals surface area contributed by atoms with E-state index in [0.29, 0.717) is 11.8 Å². The quantitative estimate of drug-likeness (QED) is 0.701. The van der Waals surface area contributed by atoms with Gasteiger partial charge in [0.05, 0.1) is 0 Å². The molecule has 0 aromatic carbocycles. The Morgan fingerprint density at radius 2 is 2.60 bits per heavy atom. The molecule has 4 heteroatoms. The van der Waals surface area contributed by atoms with Crippen LogP contribution in [0.2, 0.25) is 5.28 Å². The van der Waals surface area contributed by atoms with E-state index in [1.54, 1.807) is 6.20 Å². The van der Waals surface area contributed by atoms with E-state index in [-0.39, 0.29) is 6.04 Å². The van der Waals surface area contributed by atoms with Crippen molar-refractivity contribution in [2.24, 2.45) is 5.73 Å². The molecule has 1 aromatic rings. The van der Waals surface area contributed by atoms with E-state index >= 15 is 0 Å². The molecular formula is C6H10ClN3. The number of nitrogens with zero attached hydrogens (tertiary/aromatic N) is 2. The minimum Gasteiger partial charge on any atom is -0.328 e. The summed E-state index contributed by atoms with van der Waals surface area (Å²) in [5, 5.41) is 0.498. The Kier molecular flexibility index (Phi) is 2.29. The first-order valence-electron chi connectivity index (χ1n) is 3.14. The average molecular weight is 160 g/mol. The Labute approximate surface area is 64.8 Å². The molecule has 1 aromatic heterocycles. The molecular weight excluding hydrogens is 150 g/mol.